The molecule has 7 heteroatoms. The SMILES string of the molecule is N=C1CCc2cc(Nc3c(-c4cccn4-c4cccnc4)nc4cnccn34)ccc21. The van der Waals surface area contributed by atoms with Crippen LogP contribution in [0.4, 0.5) is 11.5 Å². The minimum atomic E-state index is 0.720. The number of hydrogen-bond donors (Lipinski definition) is 2. The number of benzene rings is 1. The Morgan fingerprint density at radius 1 is 0.935 bits per heavy atom. The van der Waals surface area contributed by atoms with E-state index < -0.39 is 0 Å². The predicted octanol–water partition coefficient (Wildman–Crippen LogP) is 4.64. The molecule has 0 saturated carbocycles. The fourth-order valence-electron chi connectivity index (χ4n) is 4.20. The van der Waals surface area contributed by atoms with Crippen molar-refractivity contribution in [1.29, 1.82) is 5.41 Å². The number of nitrogens with one attached hydrogen (secondary N) is 2. The smallest absolute Gasteiger partial charge is 0.157 e. The fourth-order valence-corrected chi connectivity index (χ4v) is 4.20. The third-order valence-electron chi connectivity index (χ3n) is 5.68. The lowest BCUT2D eigenvalue weighted by atomic mass is 10.1. The zero-order valence-corrected chi connectivity index (χ0v) is 16.7. The third kappa shape index (κ3) is 2.90. The zero-order chi connectivity index (χ0) is 20.8. The van der Waals surface area contributed by atoms with E-state index in [2.05, 4.69) is 32.0 Å². The lowest BCUT2D eigenvalue weighted by molar-refractivity contribution is 1.06. The van der Waals surface area contributed by atoms with Crippen LogP contribution >= 0.6 is 0 Å². The topological polar surface area (TPSA) is 83.9 Å². The number of aromatic nitrogens is 5. The molecule has 7 nitrogen and oxygen atoms in total. The molecule has 4 aromatic heterocycles. The van der Waals surface area contributed by atoms with E-state index in [1.807, 2.05) is 53.3 Å². The number of hydrogen-bond acceptors (Lipinski definition) is 5. The van der Waals surface area contributed by atoms with Crippen molar-refractivity contribution >= 4 is 22.9 Å². The first-order chi connectivity index (χ1) is 15.3. The number of imidazole rings is 1. The van der Waals surface area contributed by atoms with Crippen LogP contribution in [0, 0.1) is 5.41 Å². The van der Waals surface area contributed by atoms with E-state index in [9.17, 15) is 0 Å². The maximum Gasteiger partial charge on any atom is 0.157 e. The zero-order valence-electron chi connectivity index (χ0n) is 16.7. The second-order valence-corrected chi connectivity index (χ2v) is 7.56. The van der Waals surface area contributed by atoms with Gasteiger partial charge in [-0.1, -0.05) is 6.07 Å². The molecule has 0 radical (unpaired) electrons. The normalized spacial score (nSPS) is 13.0. The largest absolute Gasteiger partial charge is 0.339 e. The van der Waals surface area contributed by atoms with Crippen LogP contribution in [0.5, 0.6) is 0 Å². The van der Waals surface area contributed by atoms with Crippen LogP contribution in [0.2, 0.25) is 0 Å². The number of nitrogens with zero attached hydrogens (tertiary/aromatic N) is 5. The van der Waals surface area contributed by atoms with Gasteiger partial charge in [0.15, 0.2) is 5.65 Å². The van der Waals surface area contributed by atoms with Crippen LogP contribution in [0.25, 0.3) is 22.7 Å². The van der Waals surface area contributed by atoms with Crippen molar-refractivity contribution in [2.24, 2.45) is 0 Å². The van der Waals surface area contributed by atoms with Crippen LogP contribution < -0.4 is 5.32 Å². The molecule has 0 bridgehead atoms. The summed E-state index contributed by atoms with van der Waals surface area (Å²) in [7, 11) is 0. The van der Waals surface area contributed by atoms with Gasteiger partial charge in [-0.05, 0) is 60.4 Å². The predicted molar refractivity (Wildman–Crippen MR) is 120 cm³/mol. The number of fused-ring (bicyclic) bond motifs is 2. The maximum absolute atomic E-state index is 8.09. The van der Waals surface area contributed by atoms with Crippen molar-refractivity contribution in [2.75, 3.05) is 5.32 Å². The first kappa shape index (κ1) is 17.6. The second kappa shape index (κ2) is 6.91. The molecule has 1 aliphatic rings. The Labute approximate surface area is 178 Å². The molecule has 1 aliphatic carbocycles. The van der Waals surface area contributed by atoms with Crippen LogP contribution in [0.1, 0.15) is 17.5 Å². The van der Waals surface area contributed by atoms with E-state index in [4.69, 9.17) is 10.4 Å². The molecule has 0 aliphatic heterocycles. The molecule has 31 heavy (non-hydrogen) atoms. The number of anilines is 2. The molecule has 150 valence electrons. The molecular formula is C24H19N7. The minimum absolute atomic E-state index is 0.720. The van der Waals surface area contributed by atoms with Gasteiger partial charge in [0.1, 0.15) is 11.5 Å². The Morgan fingerprint density at radius 2 is 1.87 bits per heavy atom. The molecule has 0 atom stereocenters. The van der Waals surface area contributed by atoms with Crippen LogP contribution in [0.15, 0.2) is 79.6 Å². The minimum Gasteiger partial charge on any atom is -0.339 e. The Balaban J connectivity index is 1.50. The highest BCUT2D eigenvalue weighted by Crippen LogP contribution is 2.34. The summed E-state index contributed by atoms with van der Waals surface area (Å²) < 4.78 is 4.09. The van der Waals surface area contributed by atoms with Gasteiger partial charge in [-0.2, -0.15) is 0 Å². The van der Waals surface area contributed by atoms with Crippen LogP contribution in [0.3, 0.4) is 0 Å². The molecule has 1 aromatic carbocycles. The Morgan fingerprint density at radius 3 is 2.77 bits per heavy atom. The lowest BCUT2D eigenvalue weighted by Crippen LogP contribution is -2.01. The summed E-state index contributed by atoms with van der Waals surface area (Å²) in [5.74, 6) is 0.870. The summed E-state index contributed by atoms with van der Waals surface area (Å²) in [6.07, 6.45) is 12.8. The van der Waals surface area contributed by atoms with Gasteiger partial charge in [0, 0.05) is 36.2 Å². The van der Waals surface area contributed by atoms with E-state index in [1.54, 1.807) is 18.6 Å². The standard InChI is InChI=1S/C24H19N7/c25-20-8-5-16-13-17(6-7-19(16)20)28-24-23(29-22-15-27-10-12-31(22)24)21-4-2-11-30(21)18-3-1-9-26-14-18/h1-4,6-7,9-15,25,28H,5,8H2. The van der Waals surface area contributed by atoms with Gasteiger partial charge in [0.2, 0.25) is 0 Å². The van der Waals surface area contributed by atoms with Gasteiger partial charge in [-0.15, -0.1) is 0 Å². The van der Waals surface area contributed by atoms with Gasteiger partial charge in [-0.25, -0.2) is 4.98 Å². The molecule has 6 rings (SSSR count). The average molecular weight is 405 g/mol. The quantitative estimate of drug-likeness (QED) is 0.456. The van der Waals surface area contributed by atoms with Crippen molar-refractivity contribution in [3.05, 3.63) is 90.8 Å². The van der Waals surface area contributed by atoms with Gasteiger partial charge in [0.05, 0.1) is 23.8 Å². The number of aryl methyl sites for hydroxylation is 1. The van der Waals surface area contributed by atoms with Crippen molar-refractivity contribution in [2.45, 2.75) is 12.8 Å². The molecule has 2 N–H and O–H groups in total. The van der Waals surface area contributed by atoms with E-state index in [-0.39, 0.29) is 0 Å². The Hall–Kier alpha value is -4.26. The first-order valence-electron chi connectivity index (χ1n) is 10.2. The Kier molecular flexibility index (Phi) is 3.92. The van der Waals surface area contributed by atoms with E-state index in [1.165, 1.54) is 5.56 Å². The van der Waals surface area contributed by atoms with Gasteiger partial charge >= 0.3 is 0 Å². The summed E-state index contributed by atoms with van der Waals surface area (Å²) >= 11 is 0. The number of pyridine rings is 1. The summed E-state index contributed by atoms with van der Waals surface area (Å²) in [4.78, 5) is 13.4. The molecule has 4 heterocycles. The molecule has 0 spiro atoms. The molecule has 0 saturated heterocycles. The molecule has 0 unspecified atom stereocenters. The van der Waals surface area contributed by atoms with Crippen molar-refractivity contribution in [3.8, 4) is 17.1 Å². The van der Waals surface area contributed by atoms with Gasteiger partial charge in [-0.3, -0.25) is 14.4 Å². The van der Waals surface area contributed by atoms with Gasteiger partial charge < -0.3 is 15.3 Å². The van der Waals surface area contributed by atoms with Crippen molar-refractivity contribution in [1.82, 2.24) is 23.9 Å². The summed E-state index contributed by atoms with van der Waals surface area (Å²) in [6.45, 7) is 0. The van der Waals surface area contributed by atoms with Gasteiger partial charge in [0.25, 0.3) is 0 Å². The summed E-state index contributed by atoms with van der Waals surface area (Å²) in [5.41, 5.74) is 7.49. The number of rotatable bonds is 4. The van der Waals surface area contributed by atoms with E-state index in [0.717, 1.165) is 58.3 Å². The molecule has 0 amide bonds. The highest BCUT2D eigenvalue weighted by molar-refractivity contribution is 6.02. The van der Waals surface area contributed by atoms with E-state index in [0.29, 0.717) is 0 Å². The van der Waals surface area contributed by atoms with Crippen molar-refractivity contribution in [3.63, 3.8) is 0 Å². The van der Waals surface area contributed by atoms with Crippen LogP contribution in [-0.2, 0) is 6.42 Å². The van der Waals surface area contributed by atoms with E-state index >= 15 is 0 Å². The monoisotopic (exact) mass is 405 g/mol. The summed E-state index contributed by atoms with van der Waals surface area (Å²) in [5, 5.41) is 11.7. The lowest BCUT2D eigenvalue weighted by Gasteiger charge is -2.12. The second-order valence-electron chi connectivity index (χ2n) is 7.56. The fraction of sp³-hybridized carbons (Fsp3) is 0.0833. The Bertz CT molecular complexity index is 1430. The molecule has 0 fully saturated rings. The third-order valence-corrected chi connectivity index (χ3v) is 5.68. The summed E-state index contributed by atoms with van der Waals surface area (Å²) in [6, 6.07) is 14.2. The molecular weight excluding hydrogens is 386 g/mol. The van der Waals surface area contributed by atoms with Crippen LogP contribution in [-0.4, -0.2) is 29.6 Å². The van der Waals surface area contributed by atoms with Crippen molar-refractivity contribution < 1.29 is 0 Å². The highest BCUT2D eigenvalue weighted by atomic mass is 15.2. The maximum atomic E-state index is 8.09. The first-order valence-corrected chi connectivity index (χ1v) is 10.2. The highest BCUT2D eigenvalue weighted by Gasteiger charge is 2.20. The average Bonchev–Trinajstić information content (AvgIpc) is 3.52. The molecule has 5 aromatic rings.